The number of nitro benzene ring substituents is 1. The Morgan fingerprint density at radius 1 is 1.47 bits per heavy atom. The number of rotatable bonds is 2. The van der Waals surface area contributed by atoms with Crippen molar-refractivity contribution >= 4 is 23.0 Å². The number of benzene rings is 1. The average Bonchev–Trinajstić information content (AvgIpc) is 2.39. The van der Waals surface area contributed by atoms with E-state index in [1.807, 2.05) is 0 Å². The van der Waals surface area contributed by atoms with Crippen LogP contribution in [-0.2, 0) is 0 Å². The number of nitrogens with zero attached hydrogens (tertiary/aromatic N) is 2. The first-order valence-electron chi connectivity index (χ1n) is 5.70. The Kier molecular flexibility index (Phi) is 3.37. The van der Waals surface area contributed by atoms with Crippen LogP contribution in [0.1, 0.15) is 12.0 Å². The van der Waals surface area contributed by atoms with Crippen LogP contribution in [0, 0.1) is 10.1 Å². The van der Waals surface area contributed by atoms with Crippen molar-refractivity contribution in [1.29, 1.82) is 0 Å². The normalized spacial score (nSPS) is 14.9. The fourth-order valence-electron chi connectivity index (χ4n) is 2.01. The van der Waals surface area contributed by atoms with Crippen LogP contribution in [0.5, 0.6) is 0 Å². The van der Waals surface area contributed by atoms with E-state index in [0.29, 0.717) is 25.1 Å². The van der Waals surface area contributed by atoms with Crippen LogP contribution in [0.3, 0.4) is 0 Å². The lowest BCUT2D eigenvalue weighted by atomic mass is 9.99. The highest BCUT2D eigenvalue weighted by Crippen LogP contribution is 2.29. The van der Waals surface area contributed by atoms with Crippen LogP contribution in [0.15, 0.2) is 24.3 Å². The van der Waals surface area contributed by atoms with Gasteiger partial charge in [-0.1, -0.05) is 12.1 Å². The number of carbonyl (C=O) groups is 1. The van der Waals surface area contributed by atoms with Gasteiger partial charge in [0.05, 0.1) is 4.92 Å². The van der Waals surface area contributed by atoms with Crippen molar-refractivity contribution in [3.05, 3.63) is 40.0 Å². The number of amides is 1. The van der Waals surface area contributed by atoms with E-state index in [9.17, 15) is 14.9 Å². The molecule has 0 saturated carbocycles. The second-order valence-electron chi connectivity index (χ2n) is 4.24. The maximum atomic E-state index is 10.8. The minimum Gasteiger partial charge on any atom is -0.465 e. The van der Waals surface area contributed by atoms with Crippen LogP contribution < -0.4 is 5.73 Å². The lowest BCUT2D eigenvalue weighted by molar-refractivity contribution is -0.383. The Morgan fingerprint density at radius 2 is 2.21 bits per heavy atom. The highest BCUT2D eigenvalue weighted by molar-refractivity contribution is 5.74. The highest BCUT2D eigenvalue weighted by Gasteiger charge is 2.19. The van der Waals surface area contributed by atoms with Crippen molar-refractivity contribution in [2.24, 2.45) is 0 Å². The molecule has 0 fully saturated rings. The first-order chi connectivity index (χ1) is 8.99. The number of nitrogens with two attached hydrogens (primary N) is 1. The first-order valence-corrected chi connectivity index (χ1v) is 5.70. The second kappa shape index (κ2) is 4.97. The molecule has 0 radical (unpaired) electrons. The van der Waals surface area contributed by atoms with Crippen LogP contribution in [-0.4, -0.2) is 34.1 Å². The van der Waals surface area contributed by atoms with Gasteiger partial charge in [0, 0.05) is 19.2 Å². The number of hydrogen-bond donors (Lipinski definition) is 2. The van der Waals surface area contributed by atoms with Crippen molar-refractivity contribution in [1.82, 2.24) is 4.90 Å². The van der Waals surface area contributed by atoms with Crippen LogP contribution in [0.4, 0.5) is 16.2 Å². The Hall–Kier alpha value is -2.57. The molecule has 1 heterocycles. The van der Waals surface area contributed by atoms with Gasteiger partial charge in [-0.15, -0.1) is 0 Å². The third-order valence-electron chi connectivity index (χ3n) is 3.08. The van der Waals surface area contributed by atoms with Crippen molar-refractivity contribution in [2.75, 3.05) is 18.8 Å². The summed E-state index contributed by atoms with van der Waals surface area (Å²) in [5.74, 6) is 0. The Labute approximate surface area is 109 Å². The summed E-state index contributed by atoms with van der Waals surface area (Å²) in [6.45, 7) is 0.683. The molecule has 1 aliphatic rings. The topological polar surface area (TPSA) is 110 Å². The molecule has 0 bridgehead atoms. The molecule has 1 amide bonds. The van der Waals surface area contributed by atoms with E-state index < -0.39 is 11.0 Å². The predicted molar refractivity (Wildman–Crippen MR) is 69.7 cm³/mol. The van der Waals surface area contributed by atoms with Crippen LogP contribution in [0.25, 0.3) is 5.57 Å². The number of carboxylic acid groups (broad SMARTS) is 1. The van der Waals surface area contributed by atoms with Crippen LogP contribution in [0.2, 0.25) is 0 Å². The summed E-state index contributed by atoms with van der Waals surface area (Å²) in [5.41, 5.74) is 7.15. The van der Waals surface area contributed by atoms with Crippen molar-refractivity contribution in [2.45, 2.75) is 6.42 Å². The fraction of sp³-hybridized carbons (Fsp3) is 0.250. The molecule has 0 unspecified atom stereocenters. The molecule has 100 valence electrons. The van der Waals surface area contributed by atoms with E-state index >= 15 is 0 Å². The van der Waals surface area contributed by atoms with Gasteiger partial charge in [-0.3, -0.25) is 10.1 Å². The monoisotopic (exact) mass is 263 g/mol. The number of anilines is 1. The summed E-state index contributed by atoms with van der Waals surface area (Å²) < 4.78 is 0. The van der Waals surface area contributed by atoms with Gasteiger partial charge in [-0.2, -0.15) is 0 Å². The zero-order valence-corrected chi connectivity index (χ0v) is 10.1. The van der Waals surface area contributed by atoms with Crippen molar-refractivity contribution in [3.63, 3.8) is 0 Å². The Morgan fingerprint density at radius 3 is 2.74 bits per heavy atom. The summed E-state index contributed by atoms with van der Waals surface area (Å²) in [4.78, 5) is 22.4. The Bertz CT molecular complexity index is 568. The number of nitrogen functional groups attached to an aromatic ring is 1. The molecule has 0 spiro atoms. The van der Waals surface area contributed by atoms with Crippen molar-refractivity contribution in [3.8, 4) is 0 Å². The van der Waals surface area contributed by atoms with Gasteiger partial charge >= 0.3 is 6.09 Å². The third kappa shape index (κ3) is 2.65. The summed E-state index contributed by atoms with van der Waals surface area (Å²) in [7, 11) is 0. The molecule has 0 atom stereocenters. The molecule has 7 nitrogen and oxygen atoms in total. The van der Waals surface area contributed by atoms with Gasteiger partial charge in [0.25, 0.3) is 5.69 Å². The summed E-state index contributed by atoms with van der Waals surface area (Å²) >= 11 is 0. The molecule has 3 N–H and O–H groups in total. The van der Waals surface area contributed by atoms with E-state index in [-0.39, 0.29) is 11.4 Å². The summed E-state index contributed by atoms with van der Waals surface area (Å²) in [6.07, 6.45) is 1.35. The molecule has 19 heavy (non-hydrogen) atoms. The zero-order chi connectivity index (χ0) is 14.0. The fourth-order valence-corrected chi connectivity index (χ4v) is 2.01. The maximum Gasteiger partial charge on any atom is 0.407 e. The minimum absolute atomic E-state index is 0.123. The van der Waals surface area contributed by atoms with Gasteiger partial charge in [0.15, 0.2) is 0 Å². The SMILES string of the molecule is Nc1ccc(C2=CCN(C(=O)O)CC2)cc1[N+](=O)[O-]. The molecule has 1 aromatic carbocycles. The lowest BCUT2D eigenvalue weighted by Crippen LogP contribution is -2.33. The van der Waals surface area contributed by atoms with Crippen molar-refractivity contribution < 1.29 is 14.8 Å². The molecule has 2 rings (SSSR count). The minimum atomic E-state index is -0.960. The molecule has 0 aromatic heterocycles. The number of hydrogen-bond acceptors (Lipinski definition) is 4. The molecular weight excluding hydrogens is 250 g/mol. The van der Waals surface area contributed by atoms with E-state index in [0.717, 1.165) is 5.57 Å². The molecule has 0 saturated heterocycles. The van der Waals surface area contributed by atoms with E-state index in [2.05, 4.69) is 0 Å². The predicted octanol–water partition coefficient (Wildman–Crippen LogP) is 1.94. The van der Waals surface area contributed by atoms with E-state index in [4.69, 9.17) is 10.8 Å². The largest absolute Gasteiger partial charge is 0.465 e. The number of nitro groups is 1. The zero-order valence-electron chi connectivity index (χ0n) is 10.1. The van der Waals surface area contributed by atoms with Crippen LogP contribution >= 0.6 is 0 Å². The standard InChI is InChI=1S/C12H13N3O4/c13-10-2-1-9(7-11(10)15(18)19)8-3-5-14(6-4-8)12(16)17/h1-3,7H,4-6,13H2,(H,16,17). The molecular formula is C12H13N3O4. The summed E-state index contributed by atoms with van der Waals surface area (Å²) in [5, 5.41) is 19.7. The average molecular weight is 263 g/mol. The smallest absolute Gasteiger partial charge is 0.407 e. The second-order valence-corrected chi connectivity index (χ2v) is 4.24. The molecule has 0 aliphatic carbocycles. The molecule has 1 aliphatic heterocycles. The van der Waals surface area contributed by atoms with E-state index in [1.54, 1.807) is 12.1 Å². The molecule has 7 heteroatoms. The van der Waals surface area contributed by atoms with Gasteiger partial charge < -0.3 is 15.7 Å². The van der Waals surface area contributed by atoms with Gasteiger partial charge in [-0.25, -0.2) is 4.79 Å². The van der Waals surface area contributed by atoms with Gasteiger partial charge in [-0.05, 0) is 23.6 Å². The lowest BCUT2D eigenvalue weighted by Gasteiger charge is -2.23. The van der Waals surface area contributed by atoms with Gasteiger partial charge in [0.2, 0.25) is 0 Å². The molecule has 1 aromatic rings. The summed E-state index contributed by atoms with van der Waals surface area (Å²) in [6, 6.07) is 4.64. The van der Waals surface area contributed by atoms with Gasteiger partial charge in [0.1, 0.15) is 5.69 Å². The highest BCUT2D eigenvalue weighted by atomic mass is 16.6. The first kappa shape index (κ1) is 12.9. The van der Waals surface area contributed by atoms with E-state index in [1.165, 1.54) is 17.0 Å². The Balaban J connectivity index is 2.26. The quantitative estimate of drug-likeness (QED) is 0.481. The third-order valence-corrected chi connectivity index (χ3v) is 3.08. The maximum absolute atomic E-state index is 10.8.